The summed E-state index contributed by atoms with van der Waals surface area (Å²) in [7, 11) is 0. The van der Waals surface area contributed by atoms with Crippen LogP contribution in [0.15, 0.2) is 79.1 Å². The molecule has 0 aliphatic carbocycles. The molecule has 0 saturated carbocycles. The third-order valence-electron chi connectivity index (χ3n) is 3.85. The summed E-state index contributed by atoms with van der Waals surface area (Å²) in [5.74, 6) is 0.0122. The van der Waals surface area contributed by atoms with Crippen LogP contribution in [0.3, 0.4) is 0 Å². The Hall–Kier alpha value is -2.81. The van der Waals surface area contributed by atoms with E-state index in [1.54, 1.807) is 0 Å². The van der Waals surface area contributed by atoms with Gasteiger partial charge in [-0.3, -0.25) is 4.79 Å². The van der Waals surface area contributed by atoms with Crippen molar-refractivity contribution in [3.63, 3.8) is 0 Å². The van der Waals surface area contributed by atoms with E-state index in [0.717, 1.165) is 16.8 Å². The molecule has 0 radical (unpaired) electrons. The number of rotatable bonds is 5. The monoisotopic (exact) mass is 304 g/mol. The van der Waals surface area contributed by atoms with Crippen molar-refractivity contribution in [3.05, 3.63) is 90.3 Å². The van der Waals surface area contributed by atoms with Gasteiger partial charge in [-0.2, -0.15) is 0 Å². The number of carbonyl (C=O) groups is 1. The first kappa shape index (κ1) is 15.1. The number of amides is 1. The SMILES string of the molecule is Cc1cccc(NC(=O)C[C@H](c2ccccc2)n2cccc2)c1. The Balaban J connectivity index is 1.77. The molecule has 3 nitrogen and oxygen atoms in total. The van der Waals surface area contributed by atoms with Crippen molar-refractivity contribution >= 4 is 11.6 Å². The van der Waals surface area contributed by atoms with E-state index in [2.05, 4.69) is 22.0 Å². The predicted octanol–water partition coefficient (Wildman–Crippen LogP) is 4.41. The second kappa shape index (κ2) is 6.97. The molecular weight excluding hydrogens is 284 g/mol. The summed E-state index contributed by atoms with van der Waals surface area (Å²) in [6.45, 7) is 2.02. The zero-order chi connectivity index (χ0) is 16.1. The van der Waals surface area contributed by atoms with Gasteiger partial charge in [-0.25, -0.2) is 0 Å². The number of aromatic nitrogens is 1. The van der Waals surface area contributed by atoms with E-state index < -0.39 is 0 Å². The normalized spacial score (nSPS) is 11.9. The minimum absolute atomic E-state index is 0.00370. The maximum atomic E-state index is 12.5. The summed E-state index contributed by atoms with van der Waals surface area (Å²) in [6, 6.07) is 21.9. The third-order valence-corrected chi connectivity index (χ3v) is 3.85. The number of hydrogen-bond donors (Lipinski definition) is 1. The van der Waals surface area contributed by atoms with E-state index in [1.165, 1.54) is 0 Å². The van der Waals surface area contributed by atoms with Crippen molar-refractivity contribution in [1.82, 2.24) is 4.57 Å². The number of aryl methyl sites for hydroxylation is 1. The van der Waals surface area contributed by atoms with Gasteiger partial charge in [-0.15, -0.1) is 0 Å². The number of nitrogens with one attached hydrogen (secondary N) is 1. The number of benzene rings is 2. The van der Waals surface area contributed by atoms with Crippen molar-refractivity contribution in [2.45, 2.75) is 19.4 Å². The third kappa shape index (κ3) is 3.89. The largest absolute Gasteiger partial charge is 0.346 e. The molecule has 23 heavy (non-hydrogen) atoms. The molecule has 116 valence electrons. The van der Waals surface area contributed by atoms with Gasteiger partial charge in [0.1, 0.15) is 0 Å². The molecule has 2 aromatic carbocycles. The molecule has 1 heterocycles. The minimum atomic E-state index is -0.00370. The lowest BCUT2D eigenvalue weighted by molar-refractivity contribution is -0.116. The number of nitrogens with zero attached hydrogens (tertiary/aromatic N) is 1. The summed E-state index contributed by atoms with van der Waals surface area (Å²) in [5, 5.41) is 2.99. The number of anilines is 1. The Bertz CT molecular complexity index is 763. The molecule has 3 aromatic rings. The highest BCUT2D eigenvalue weighted by Crippen LogP contribution is 2.23. The molecule has 0 saturated heterocycles. The van der Waals surface area contributed by atoms with Gasteiger partial charge in [0.15, 0.2) is 0 Å². The fraction of sp³-hybridized carbons (Fsp3) is 0.150. The minimum Gasteiger partial charge on any atom is -0.346 e. The van der Waals surface area contributed by atoms with Crippen LogP contribution in [0, 0.1) is 6.92 Å². The lowest BCUT2D eigenvalue weighted by atomic mass is 10.0. The van der Waals surface area contributed by atoms with Crippen molar-refractivity contribution in [1.29, 1.82) is 0 Å². The quantitative estimate of drug-likeness (QED) is 0.744. The summed E-state index contributed by atoms with van der Waals surface area (Å²) in [4.78, 5) is 12.5. The molecule has 0 aliphatic heterocycles. The van der Waals surface area contributed by atoms with Crippen LogP contribution >= 0.6 is 0 Å². The highest BCUT2D eigenvalue weighted by molar-refractivity contribution is 5.91. The first-order chi connectivity index (χ1) is 11.2. The van der Waals surface area contributed by atoms with Gasteiger partial charge >= 0.3 is 0 Å². The topological polar surface area (TPSA) is 34.0 Å². The van der Waals surface area contributed by atoms with Crippen molar-refractivity contribution in [3.8, 4) is 0 Å². The molecule has 0 aliphatic rings. The average Bonchev–Trinajstić information content (AvgIpc) is 3.07. The lowest BCUT2D eigenvalue weighted by Gasteiger charge is -2.19. The maximum Gasteiger partial charge on any atom is 0.226 e. The van der Waals surface area contributed by atoms with Crippen molar-refractivity contribution in [2.75, 3.05) is 5.32 Å². The smallest absolute Gasteiger partial charge is 0.226 e. The summed E-state index contributed by atoms with van der Waals surface area (Å²) < 4.78 is 2.07. The molecule has 1 N–H and O–H groups in total. The molecule has 0 spiro atoms. The molecule has 0 bridgehead atoms. The second-order valence-electron chi connectivity index (χ2n) is 5.68. The molecule has 3 heteroatoms. The highest BCUT2D eigenvalue weighted by Gasteiger charge is 2.17. The van der Waals surface area contributed by atoms with Crippen LogP contribution < -0.4 is 5.32 Å². The Morgan fingerprint density at radius 2 is 1.74 bits per heavy atom. The van der Waals surface area contributed by atoms with E-state index >= 15 is 0 Å². The van der Waals surface area contributed by atoms with Crippen LogP contribution in [0.1, 0.15) is 23.6 Å². The van der Waals surface area contributed by atoms with E-state index in [-0.39, 0.29) is 11.9 Å². The van der Waals surface area contributed by atoms with Crippen molar-refractivity contribution < 1.29 is 4.79 Å². The molecular formula is C20H20N2O. The zero-order valence-corrected chi connectivity index (χ0v) is 13.1. The maximum absolute atomic E-state index is 12.5. The zero-order valence-electron chi connectivity index (χ0n) is 13.1. The van der Waals surface area contributed by atoms with Crippen LogP contribution in [0.2, 0.25) is 0 Å². The van der Waals surface area contributed by atoms with E-state index in [9.17, 15) is 4.79 Å². The number of hydrogen-bond acceptors (Lipinski definition) is 1. The summed E-state index contributed by atoms with van der Waals surface area (Å²) >= 11 is 0. The average molecular weight is 304 g/mol. The predicted molar refractivity (Wildman–Crippen MR) is 93.4 cm³/mol. The van der Waals surface area contributed by atoms with Crippen LogP contribution in [-0.4, -0.2) is 10.5 Å². The van der Waals surface area contributed by atoms with Gasteiger partial charge in [0.2, 0.25) is 5.91 Å². The lowest BCUT2D eigenvalue weighted by Crippen LogP contribution is -2.19. The Labute approximate surface area is 136 Å². The summed E-state index contributed by atoms with van der Waals surface area (Å²) in [6.07, 6.45) is 4.39. The fourth-order valence-corrected chi connectivity index (χ4v) is 2.74. The first-order valence-electron chi connectivity index (χ1n) is 7.76. The Morgan fingerprint density at radius 1 is 1.00 bits per heavy atom. The molecule has 1 aromatic heterocycles. The van der Waals surface area contributed by atoms with Crippen molar-refractivity contribution in [2.24, 2.45) is 0 Å². The van der Waals surface area contributed by atoms with Gasteiger partial charge in [-0.05, 0) is 42.3 Å². The van der Waals surface area contributed by atoms with Crippen LogP contribution in [0.25, 0.3) is 0 Å². The Kier molecular flexibility index (Phi) is 4.57. The van der Waals surface area contributed by atoms with Gasteiger partial charge in [-0.1, -0.05) is 42.5 Å². The molecule has 1 amide bonds. The van der Waals surface area contributed by atoms with Crippen LogP contribution in [-0.2, 0) is 4.79 Å². The van der Waals surface area contributed by atoms with Gasteiger partial charge < -0.3 is 9.88 Å². The molecule has 1 atom stereocenters. The fourth-order valence-electron chi connectivity index (χ4n) is 2.74. The molecule has 0 unspecified atom stereocenters. The van der Waals surface area contributed by atoms with Crippen LogP contribution in [0.4, 0.5) is 5.69 Å². The van der Waals surface area contributed by atoms with Gasteiger partial charge in [0.25, 0.3) is 0 Å². The van der Waals surface area contributed by atoms with Gasteiger partial charge in [0, 0.05) is 18.1 Å². The Morgan fingerprint density at radius 3 is 2.43 bits per heavy atom. The number of carbonyl (C=O) groups excluding carboxylic acids is 1. The van der Waals surface area contributed by atoms with E-state index in [4.69, 9.17) is 0 Å². The van der Waals surface area contributed by atoms with Gasteiger partial charge in [0.05, 0.1) is 12.5 Å². The van der Waals surface area contributed by atoms with E-state index in [0.29, 0.717) is 6.42 Å². The summed E-state index contributed by atoms with van der Waals surface area (Å²) in [5.41, 5.74) is 3.10. The van der Waals surface area contributed by atoms with Crippen LogP contribution in [0.5, 0.6) is 0 Å². The standard InChI is InChI=1S/C20H20N2O/c1-16-8-7-11-18(14-16)21-20(23)15-19(22-12-5-6-13-22)17-9-3-2-4-10-17/h2-14,19H,15H2,1H3,(H,21,23)/t19-/m1/s1. The molecule has 3 rings (SSSR count). The second-order valence-corrected chi connectivity index (χ2v) is 5.68. The van der Waals surface area contributed by atoms with E-state index in [1.807, 2.05) is 73.9 Å². The highest BCUT2D eigenvalue weighted by atomic mass is 16.1. The first-order valence-corrected chi connectivity index (χ1v) is 7.76. The molecule has 0 fully saturated rings.